The van der Waals surface area contributed by atoms with Gasteiger partial charge in [-0.15, -0.1) is 0 Å². The smallest absolute Gasteiger partial charge is 0.449 e. The number of carbonyl (C=O) groups excluding carboxylic acids is 2. The van der Waals surface area contributed by atoms with Crippen molar-refractivity contribution in [2.75, 3.05) is 40.5 Å². The summed E-state index contributed by atoms with van der Waals surface area (Å²) in [6, 6.07) is 25.1. The van der Waals surface area contributed by atoms with E-state index in [1.165, 1.54) is 0 Å². The topological polar surface area (TPSA) is 91.1 Å². The van der Waals surface area contributed by atoms with Crippen LogP contribution >= 0.6 is 8.53 Å². The Labute approximate surface area is 342 Å². The van der Waals surface area contributed by atoms with Crippen LogP contribution in [-0.2, 0) is 29.0 Å². The third-order valence-corrected chi connectivity index (χ3v) is 12.3. The monoisotopic (exact) mass is 827 g/mol. The Morgan fingerprint density at radius 1 is 0.828 bits per heavy atom. The maximum absolute atomic E-state index is 14.1. The number of amides is 1. The number of Topliss-reactive ketones (excluding diaryl/α,β-unsaturated/α-hetero) is 1. The molecule has 0 aliphatic carbocycles. The van der Waals surface area contributed by atoms with Gasteiger partial charge in [-0.2, -0.15) is 13.2 Å². The van der Waals surface area contributed by atoms with Crippen molar-refractivity contribution in [3.63, 3.8) is 0 Å². The van der Waals surface area contributed by atoms with Crippen molar-refractivity contribution in [2.45, 2.75) is 109 Å². The molecule has 0 spiro atoms. The Balaban J connectivity index is 1.67. The standard InChI is InChI=1S/C44H57F3N3O7P/c1-32(2)50(33(3)4)58(56-28-27-48-5)57-40-29-37(49(30-40)42(52)18-14-9-8-13-17-41(51)44(45,46)47)31-55-43(34-15-11-10-12-16-34,35-19-23-38(53-6)24-20-35)36-21-25-39(54-7)26-22-36/h10-12,15-16,19-26,32-33,37,40H,8-9,13-14,17-18,27-31H2,1-4,6-7H3/t37-,40+,58?/m0/s1. The lowest BCUT2D eigenvalue weighted by Gasteiger charge is -2.38. The molecule has 0 bridgehead atoms. The van der Waals surface area contributed by atoms with Crippen LogP contribution in [0.2, 0.25) is 0 Å². The minimum atomic E-state index is -4.83. The zero-order valence-corrected chi connectivity index (χ0v) is 35.3. The van der Waals surface area contributed by atoms with Gasteiger partial charge in [0.05, 0.1) is 33.0 Å². The fourth-order valence-electron chi connectivity index (χ4n) is 7.33. The summed E-state index contributed by atoms with van der Waals surface area (Å²) in [6.07, 6.45) is -3.67. The molecule has 1 saturated heterocycles. The molecule has 1 unspecified atom stereocenters. The van der Waals surface area contributed by atoms with Crippen LogP contribution in [0.1, 0.15) is 89.3 Å². The average molecular weight is 828 g/mol. The second-order valence-corrected chi connectivity index (χ2v) is 16.2. The number of methoxy groups -OCH3 is 2. The number of unbranched alkanes of at least 4 members (excludes halogenated alkanes) is 3. The third kappa shape index (κ3) is 12.5. The van der Waals surface area contributed by atoms with Gasteiger partial charge in [-0.1, -0.05) is 67.4 Å². The van der Waals surface area contributed by atoms with E-state index in [1.54, 1.807) is 19.1 Å². The summed E-state index contributed by atoms with van der Waals surface area (Å²) in [5, 5.41) is 0. The van der Waals surface area contributed by atoms with Gasteiger partial charge in [0.15, 0.2) is 0 Å². The number of likely N-dealkylation sites (tertiary alicyclic amines) is 1. The molecule has 1 fully saturated rings. The second-order valence-electron chi connectivity index (χ2n) is 14.8. The summed E-state index contributed by atoms with van der Waals surface area (Å²) in [4.78, 5) is 30.7. The first-order valence-corrected chi connectivity index (χ1v) is 21.0. The molecule has 58 heavy (non-hydrogen) atoms. The molecule has 1 amide bonds. The van der Waals surface area contributed by atoms with Gasteiger partial charge in [0.25, 0.3) is 8.53 Å². The Morgan fingerprint density at radius 2 is 1.36 bits per heavy atom. The molecule has 0 saturated carbocycles. The Morgan fingerprint density at radius 3 is 1.86 bits per heavy atom. The summed E-state index contributed by atoms with van der Waals surface area (Å²) in [5.41, 5.74) is 1.44. The molecular formula is C44H57F3N3O7P. The van der Waals surface area contributed by atoms with E-state index in [-0.39, 0.29) is 57.1 Å². The molecule has 1 aliphatic heterocycles. The minimum absolute atomic E-state index is 0.0872. The zero-order chi connectivity index (χ0) is 42.3. The van der Waals surface area contributed by atoms with Crippen molar-refractivity contribution >= 4 is 20.2 Å². The summed E-state index contributed by atoms with van der Waals surface area (Å²) < 4.78 is 71.5. The molecule has 1 aliphatic rings. The summed E-state index contributed by atoms with van der Waals surface area (Å²) in [6.45, 7) is 16.4. The van der Waals surface area contributed by atoms with Gasteiger partial charge in [-0.3, -0.25) is 9.59 Å². The molecule has 1 heterocycles. The van der Waals surface area contributed by atoms with Crippen molar-refractivity contribution in [3.8, 4) is 11.5 Å². The first kappa shape index (κ1) is 46.6. The molecule has 3 atom stereocenters. The lowest BCUT2D eigenvalue weighted by molar-refractivity contribution is -0.171. The Kier molecular flexibility index (Phi) is 18.0. The normalized spacial score (nSPS) is 16.5. The molecule has 3 aromatic carbocycles. The predicted octanol–water partition coefficient (Wildman–Crippen LogP) is 9.75. The highest BCUT2D eigenvalue weighted by Crippen LogP contribution is 2.49. The maximum atomic E-state index is 14.1. The van der Waals surface area contributed by atoms with E-state index in [2.05, 4.69) is 37.2 Å². The van der Waals surface area contributed by atoms with E-state index in [9.17, 15) is 22.8 Å². The van der Waals surface area contributed by atoms with Crippen LogP contribution in [0.15, 0.2) is 78.9 Å². The van der Waals surface area contributed by atoms with Gasteiger partial charge in [-0.25, -0.2) is 11.2 Å². The molecule has 10 nitrogen and oxygen atoms in total. The Bertz CT molecular complexity index is 1700. The minimum Gasteiger partial charge on any atom is -0.497 e. The summed E-state index contributed by atoms with van der Waals surface area (Å²) >= 11 is 0. The number of halogens is 3. The van der Waals surface area contributed by atoms with Gasteiger partial charge < -0.3 is 33.0 Å². The molecule has 14 heteroatoms. The number of ether oxygens (including phenoxy) is 3. The lowest BCUT2D eigenvalue weighted by atomic mass is 9.80. The average Bonchev–Trinajstić information content (AvgIpc) is 3.62. The number of hydrogen-bond donors (Lipinski definition) is 0. The number of carbonyl (C=O) groups is 2. The fourth-order valence-corrected chi connectivity index (χ4v) is 9.03. The van der Waals surface area contributed by atoms with Crippen LogP contribution < -0.4 is 9.47 Å². The summed E-state index contributed by atoms with van der Waals surface area (Å²) in [5.74, 6) is -0.469. The van der Waals surface area contributed by atoms with Crippen molar-refractivity contribution in [1.82, 2.24) is 9.57 Å². The third-order valence-electron chi connectivity index (χ3n) is 10.1. The quantitative estimate of drug-likeness (QED) is 0.0404. The molecule has 0 radical (unpaired) electrons. The highest BCUT2D eigenvalue weighted by Gasteiger charge is 2.43. The van der Waals surface area contributed by atoms with Crippen molar-refractivity contribution in [3.05, 3.63) is 107 Å². The number of alkyl halides is 3. The highest BCUT2D eigenvalue weighted by atomic mass is 31.2. The Hall–Kier alpha value is -4.05. The number of ketones is 1. The van der Waals surface area contributed by atoms with Crippen LogP contribution in [0.25, 0.3) is 4.85 Å². The van der Waals surface area contributed by atoms with Gasteiger partial charge in [0, 0.05) is 31.5 Å². The first-order chi connectivity index (χ1) is 27.7. The second kappa shape index (κ2) is 22.4. The van der Waals surface area contributed by atoms with E-state index in [0.717, 1.165) is 16.7 Å². The van der Waals surface area contributed by atoms with Crippen LogP contribution in [0.4, 0.5) is 13.2 Å². The van der Waals surface area contributed by atoms with E-state index >= 15 is 0 Å². The van der Waals surface area contributed by atoms with E-state index < -0.39 is 44.7 Å². The molecular weight excluding hydrogens is 770 g/mol. The molecule has 0 N–H and O–H groups in total. The fraction of sp³-hybridized carbons (Fsp3) is 0.523. The zero-order valence-electron chi connectivity index (χ0n) is 34.4. The lowest BCUT2D eigenvalue weighted by Crippen LogP contribution is -2.42. The highest BCUT2D eigenvalue weighted by molar-refractivity contribution is 7.44. The number of rotatable bonds is 23. The molecule has 3 aromatic rings. The van der Waals surface area contributed by atoms with E-state index in [1.807, 2.05) is 78.9 Å². The number of benzene rings is 3. The van der Waals surface area contributed by atoms with Gasteiger partial charge in [0.2, 0.25) is 18.2 Å². The van der Waals surface area contributed by atoms with E-state index in [4.69, 9.17) is 29.8 Å². The van der Waals surface area contributed by atoms with Crippen molar-refractivity contribution in [2.24, 2.45) is 0 Å². The van der Waals surface area contributed by atoms with Crippen LogP contribution in [0.5, 0.6) is 11.5 Å². The molecule has 316 valence electrons. The van der Waals surface area contributed by atoms with Gasteiger partial charge >= 0.3 is 6.18 Å². The van der Waals surface area contributed by atoms with Gasteiger partial charge in [-0.05, 0) is 87.9 Å². The van der Waals surface area contributed by atoms with Gasteiger partial charge in [0.1, 0.15) is 23.7 Å². The van der Waals surface area contributed by atoms with Crippen molar-refractivity contribution in [1.29, 1.82) is 0 Å². The molecule has 4 rings (SSSR count). The first-order valence-electron chi connectivity index (χ1n) is 19.8. The summed E-state index contributed by atoms with van der Waals surface area (Å²) in [7, 11) is 1.64. The molecule has 0 aromatic heterocycles. The number of nitrogens with zero attached hydrogens (tertiary/aromatic N) is 3. The van der Waals surface area contributed by atoms with Crippen LogP contribution in [0, 0.1) is 6.57 Å². The largest absolute Gasteiger partial charge is 0.497 e. The SMILES string of the molecule is [C-]#[N+]CCOP(O[C@@H]1C[C@@H](COC(c2ccccc2)(c2ccc(OC)cc2)c2ccc(OC)cc2)N(C(=O)CCCCCCC(=O)C(F)(F)F)C1)N(C(C)C)C(C)C. The van der Waals surface area contributed by atoms with Crippen molar-refractivity contribution < 1.29 is 46.0 Å². The van der Waals surface area contributed by atoms with E-state index in [0.29, 0.717) is 37.2 Å². The van der Waals surface area contributed by atoms with Crippen LogP contribution in [-0.4, -0.2) is 92.2 Å². The van der Waals surface area contributed by atoms with Crippen LogP contribution in [0.3, 0.4) is 0 Å². The maximum Gasteiger partial charge on any atom is 0.449 e. The predicted molar refractivity (Wildman–Crippen MR) is 218 cm³/mol. The number of hydrogen-bond acceptors (Lipinski definition) is 8.